The molecule has 0 spiro atoms. The first-order chi connectivity index (χ1) is 10.3. The Balaban J connectivity index is 2.21. The number of carbonyl (C=O) groups is 1. The fourth-order valence-electron chi connectivity index (χ4n) is 2.14. The van der Waals surface area contributed by atoms with Gasteiger partial charge in [0.25, 0.3) is 5.91 Å². The van der Waals surface area contributed by atoms with E-state index in [0.717, 1.165) is 35.3 Å². The number of anilines is 1. The molecule has 21 heavy (non-hydrogen) atoms. The second-order valence-corrected chi connectivity index (χ2v) is 5.69. The third-order valence-electron chi connectivity index (χ3n) is 3.13. The van der Waals surface area contributed by atoms with E-state index in [-0.39, 0.29) is 5.91 Å². The second kappa shape index (κ2) is 7.88. The fourth-order valence-corrected chi connectivity index (χ4v) is 2.57. The predicted molar refractivity (Wildman–Crippen MR) is 91.2 cm³/mol. The number of pyridine rings is 1. The minimum atomic E-state index is -0.110. The van der Waals surface area contributed by atoms with Crippen molar-refractivity contribution in [2.75, 3.05) is 30.4 Å². The Morgan fingerprint density at radius 3 is 2.90 bits per heavy atom. The summed E-state index contributed by atoms with van der Waals surface area (Å²) in [5.41, 5.74) is 2.26. The van der Waals surface area contributed by atoms with Crippen LogP contribution in [0.1, 0.15) is 23.8 Å². The van der Waals surface area contributed by atoms with E-state index in [4.69, 9.17) is 0 Å². The molecule has 5 heteroatoms. The van der Waals surface area contributed by atoms with Crippen molar-refractivity contribution in [1.29, 1.82) is 0 Å². The van der Waals surface area contributed by atoms with Gasteiger partial charge in [-0.3, -0.25) is 4.79 Å². The molecule has 0 saturated carbocycles. The Labute approximate surface area is 129 Å². The van der Waals surface area contributed by atoms with Crippen LogP contribution in [0.25, 0.3) is 10.9 Å². The van der Waals surface area contributed by atoms with Crippen LogP contribution in [0.5, 0.6) is 0 Å². The highest BCUT2D eigenvalue weighted by atomic mass is 32.2. The van der Waals surface area contributed by atoms with E-state index >= 15 is 0 Å². The van der Waals surface area contributed by atoms with E-state index in [1.165, 1.54) is 0 Å². The number of aromatic nitrogens is 1. The zero-order valence-electron chi connectivity index (χ0n) is 12.5. The van der Waals surface area contributed by atoms with Gasteiger partial charge in [-0.05, 0) is 37.5 Å². The molecule has 0 atom stereocenters. The number of nitrogens with zero attached hydrogens (tertiary/aromatic N) is 1. The summed E-state index contributed by atoms with van der Waals surface area (Å²) in [7, 11) is 0. The van der Waals surface area contributed by atoms with Crippen molar-refractivity contribution in [2.24, 2.45) is 0 Å². The highest BCUT2D eigenvalue weighted by molar-refractivity contribution is 7.98. The summed E-state index contributed by atoms with van der Waals surface area (Å²) in [4.78, 5) is 16.7. The molecule has 2 rings (SSSR count). The van der Waals surface area contributed by atoms with Gasteiger partial charge in [0.15, 0.2) is 0 Å². The van der Waals surface area contributed by atoms with E-state index < -0.39 is 0 Å². The molecule has 1 amide bonds. The number of nitrogens with one attached hydrogen (secondary N) is 2. The van der Waals surface area contributed by atoms with Gasteiger partial charge in [0.2, 0.25) is 0 Å². The molecule has 0 bridgehead atoms. The van der Waals surface area contributed by atoms with Crippen LogP contribution < -0.4 is 10.6 Å². The molecule has 1 aromatic heterocycles. The lowest BCUT2D eigenvalue weighted by atomic mass is 10.1. The normalized spacial score (nSPS) is 10.6. The quantitative estimate of drug-likeness (QED) is 0.772. The van der Waals surface area contributed by atoms with E-state index in [1.807, 2.05) is 37.3 Å². The molecule has 0 aliphatic rings. The fraction of sp³-hybridized carbons (Fsp3) is 0.375. The number of carbonyl (C=O) groups excluding carboxylic acids is 1. The molecule has 0 saturated heterocycles. The number of fused-ring (bicyclic) bond motifs is 1. The zero-order chi connectivity index (χ0) is 15.1. The van der Waals surface area contributed by atoms with Gasteiger partial charge in [-0.1, -0.05) is 18.2 Å². The lowest BCUT2D eigenvalue weighted by molar-refractivity contribution is 0.0949. The maximum atomic E-state index is 12.2. The Kier molecular flexibility index (Phi) is 5.87. The van der Waals surface area contributed by atoms with E-state index in [2.05, 4.69) is 21.9 Å². The van der Waals surface area contributed by atoms with Gasteiger partial charge in [-0.2, -0.15) is 11.8 Å². The summed E-state index contributed by atoms with van der Waals surface area (Å²) in [6, 6.07) is 9.69. The van der Waals surface area contributed by atoms with E-state index in [9.17, 15) is 4.79 Å². The predicted octanol–water partition coefficient (Wildman–Crippen LogP) is 3.15. The van der Waals surface area contributed by atoms with Gasteiger partial charge in [-0.15, -0.1) is 0 Å². The SMILES string of the molecule is CCNc1cc(C(=O)NCCCSC)nc2ccccc12. The largest absolute Gasteiger partial charge is 0.385 e. The second-order valence-electron chi connectivity index (χ2n) is 4.70. The van der Waals surface area contributed by atoms with Crippen molar-refractivity contribution in [2.45, 2.75) is 13.3 Å². The first kappa shape index (κ1) is 15.6. The highest BCUT2D eigenvalue weighted by Crippen LogP contribution is 2.22. The lowest BCUT2D eigenvalue weighted by Crippen LogP contribution is -2.25. The summed E-state index contributed by atoms with van der Waals surface area (Å²) in [5.74, 6) is 0.939. The molecule has 112 valence electrons. The molecule has 0 aliphatic heterocycles. The molecule has 2 aromatic rings. The lowest BCUT2D eigenvalue weighted by Gasteiger charge is -2.10. The van der Waals surface area contributed by atoms with Crippen molar-refractivity contribution >= 4 is 34.3 Å². The third-order valence-corrected chi connectivity index (χ3v) is 3.82. The van der Waals surface area contributed by atoms with Crippen LogP contribution in [0.2, 0.25) is 0 Å². The van der Waals surface area contributed by atoms with Gasteiger partial charge >= 0.3 is 0 Å². The number of rotatable bonds is 7. The monoisotopic (exact) mass is 303 g/mol. The van der Waals surface area contributed by atoms with Crippen LogP contribution in [0, 0.1) is 0 Å². The number of para-hydroxylation sites is 1. The molecule has 4 nitrogen and oxygen atoms in total. The topological polar surface area (TPSA) is 54.0 Å². The van der Waals surface area contributed by atoms with Crippen molar-refractivity contribution in [3.63, 3.8) is 0 Å². The van der Waals surface area contributed by atoms with Gasteiger partial charge in [0, 0.05) is 24.2 Å². The number of thioether (sulfide) groups is 1. The van der Waals surface area contributed by atoms with Crippen molar-refractivity contribution < 1.29 is 4.79 Å². The molecular weight excluding hydrogens is 282 g/mol. The molecule has 1 heterocycles. The first-order valence-corrected chi connectivity index (χ1v) is 8.56. The summed E-state index contributed by atoms with van der Waals surface area (Å²) in [5, 5.41) is 7.26. The minimum Gasteiger partial charge on any atom is -0.385 e. The summed E-state index contributed by atoms with van der Waals surface area (Å²) < 4.78 is 0. The number of benzene rings is 1. The highest BCUT2D eigenvalue weighted by Gasteiger charge is 2.11. The smallest absolute Gasteiger partial charge is 0.269 e. The van der Waals surface area contributed by atoms with Gasteiger partial charge < -0.3 is 10.6 Å². The number of hydrogen-bond acceptors (Lipinski definition) is 4. The van der Waals surface area contributed by atoms with Gasteiger partial charge in [0.1, 0.15) is 5.69 Å². The summed E-state index contributed by atoms with van der Waals surface area (Å²) in [6.07, 6.45) is 3.04. The van der Waals surface area contributed by atoms with Crippen LogP contribution in [0.3, 0.4) is 0 Å². The van der Waals surface area contributed by atoms with Crippen LogP contribution >= 0.6 is 11.8 Å². The Morgan fingerprint density at radius 1 is 1.33 bits per heavy atom. The van der Waals surface area contributed by atoms with Crippen molar-refractivity contribution in [1.82, 2.24) is 10.3 Å². The maximum absolute atomic E-state index is 12.2. The number of amides is 1. The maximum Gasteiger partial charge on any atom is 0.269 e. The first-order valence-electron chi connectivity index (χ1n) is 7.17. The molecule has 0 fully saturated rings. The van der Waals surface area contributed by atoms with Gasteiger partial charge in [-0.25, -0.2) is 4.98 Å². The van der Waals surface area contributed by atoms with Crippen LogP contribution in [-0.4, -0.2) is 36.0 Å². The average Bonchev–Trinajstić information content (AvgIpc) is 2.51. The van der Waals surface area contributed by atoms with Crippen molar-refractivity contribution in [3.05, 3.63) is 36.0 Å². The van der Waals surface area contributed by atoms with Gasteiger partial charge in [0.05, 0.1) is 5.52 Å². The molecule has 0 radical (unpaired) electrons. The Hall–Kier alpha value is -1.75. The zero-order valence-corrected chi connectivity index (χ0v) is 13.3. The molecule has 0 aliphatic carbocycles. The Bertz CT molecular complexity index is 615. The summed E-state index contributed by atoms with van der Waals surface area (Å²) >= 11 is 1.78. The number of hydrogen-bond donors (Lipinski definition) is 2. The Morgan fingerprint density at radius 2 is 2.14 bits per heavy atom. The minimum absolute atomic E-state index is 0.110. The van der Waals surface area contributed by atoms with Crippen LogP contribution in [-0.2, 0) is 0 Å². The molecule has 1 aromatic carbocycles. The molecular formula is C16H21N3OS. The van der Waals surface area contributed by atoms with Crippen LogP contribution in [0.4, 0.5) is 5.69 Å². The van der Waals surface area contributed by atoms with Crippen molar-refractivity contribution in [3.8, 4) is 0 Å². The molecule has 2 N–H and O–H groups in total. The third kappa shape index (κ3) is 4.11. The summed E-state index contributed by atoms with van der Waals surface area (Å²) in [6.45, 7) is 3.53. The standard InChI is InChI=1S/C16H21N3OS/c1-3-17-14-11-15(16(20)18-9-6-10-21-2)19-13-8-5-4-7-12(13)14/h4-5,7-8,11H,3,6,9-10H2,1-2H3,(H,17,19)(H,18,20). The van der Waals surface area contributed by atoms with Crippen LogP contribution in [0.15, 0.2) is 30.3 Å². The van der Waals surface area contributed by atoms with E-state index in [0.29, 0.717) is 12.2 Å². The van der Waals surface area contributed by atoms with E-state index in [1.54, 1.807) is 11.8 Å². The average molecular weight is 303 g/mol. The molecule has 0 unspecified atom stereocenters.